The Morgan fingerprint density at radius 3 is 2.33 bits per heavy atom. The largest absolute Gasteiger partial charge is 0.352 e. The molecule has 2 atom stereocenters. The maximum atomic E-state index is 13.9. The van der Waals surface area contributed by atoms with E-state index in [2.05, 4.69) is 5.32 Å². The quantitative estimate of drug-likeness (QED) is 0.361. The van der Waals surface area contributed by atoms with E-state index in [1.54, 1.807) is 30.3 Å². The smallest absolute Gasteiger partial charge is 0.269 e. The number of nitrogens with one attached hydrogen (secondary N) is 1. The minimum atomic E-state index is -4.07. The lowest BCUT2D eigenvalue weighted by molar-refractivity contribution is -0.141. The van der Waals surface area contributed by atoms with E-state index in [0.29, 0.717) is 17.0 Å². The zero-order valence-corrected chi connectivity index (χ0v) is 24.0. The molecule has 0 aromatic heterocycles. The molecule has 210 valence electrons. The minimum absolute atomic E-state index is 0.0712. The number of carbonyl (C=O) groups is 3. The van der Waals surface area contributed by atoms with E-state index in [1.165, 1.54) is 17.0 Å². The van der Waals surface area contributed by atoms with Crippen molar-refractivity contribution in [2.45, 2.75) is 56.6 Å². The molecule has 0 bridgehead atoms. The lowest BCUT2D eigenvalue weighted by Crippen LogP contribution is -2.52. The van der Waals surface area contributed by atoms with Crippen molar-refractivity contribution in [3.8, 4) is 0 Å². The molecule has 10 heteroatoms. The Morgan fingerprint density at radius 1 is 0.975 bits per heavy atom. The number of hydrogen-bond donors (Lipinski definition) is 1. The van der Waals surface area contributed by atoms with E-state index in [4.69, 9.17) is 11.6 Å². The maximum Gasteiger partial charge on any atom is 0.269 e. The summed E-state index contributed by atoms with van der Waals surface area (Å²) >= 11 is 6.21. The van der Waals surface area contributed by atoms with E-state index >= 15 is 0 Å². The molecule has 1 aliphatic rings. The highest BCUT2D eigenvalue weighted by molar-refractivity contribution is 7.90. The van der Waals surface area contributed by atoms with Crippen molar-refractivity contribution in [3.05, 3.63) is 101 Å². The van der Waals surface area contributed by atoms with Crippen molar-refractivity contribution in [1.82, 2.24) is 14.5 Å². The highest BCUT2D eigenvalue weighted by Crippen LogP contribution is 2.30. The average Bonchev–Trinajstić information content (AvgIpc) is 3.14. The normalized spacial score (nSPS) is 15.3. The van der Waals surface area contributed by atoms with Crippen LogP contribution in [0.2, 0.25) is 5.02 Å². The molecule has 1 aliphatic heterocycles. The monoisotopic (exact) mass is 581 g/mol. The predicted molar refractivity (Wildman–Crippen MR) is 153 cm³/mol. The van der Waals surface area contributed by atoms with Crippen molar-refractivity contribution in [3.63, 3.8) is 0 Å². The van der Waals surface area contributed by atoms with Gasteiger partial charge in [0.15, 0.2) is 0 Å². The Balaban J connectivity index is 1.64. The molecule has 0 radical (unpaired) electrons. The molecule has 3 amide bonds. The first-order valence-electron chi connectivity index (χ1n) is 13.2. The molecule has 0 saturated heterocycles. The van der Waals surface area contributed by atoms with Gasteiger partial charge in [-0.25, -0.2) is 12.7 Å². The van der Waals surface area contributed by atoms with Gasteiger partial charge in [-0.05, 0) is 48.7 Å². The van der Waals surface area contributed by atoms with Crippen LogP contribution in [0.5, 0.6) is 0 Å². The number of halogens is 1. The Bertz CT molecular complexity index is 1500. The topological polar surface area (TPSA) is 104 Å². The van der Waals surface area contributed by atoms with Gasteiger partial charge in [0.1, 0.15) is 10.9 Å². The van der Waals surface area contributed by atoms with Crippen LogP contribution in [0.1, 0.15) is 48.2 Å². The molecule has 0 unspecified atom stereocenters. The number of carbonyl (C=O) groups excluding carboxylic acids is 3. The van der Waals surface area contributed by atoms with E-state index in [-0.39, 0.29) is 48.3 Å². The number of fused-ring (bicyclic) bond motifs is 1. The highest BCUT2D eigenvalue weighted by Gasteiger charge is 2.41. The summed E-state index contributed by atoms with van der Waals surface area (Å²) in [7, 11) is -4.07. The first-order chi connectivity index (χ1) is 19.1. The molecule has 3 aromatic rings. The number of nitrogens with zero attached hydrogens (tertiary/aromatic N) is 2. The van der Waals surface area contributed by atoms with Crippen molar-refractivity contribution in [2.24, 2.45) is 0 Å². The number of amides is 3. The summed E-state index contributed by atoms with van der Waals surface area (Å²) in [4.78, 5) is 41.7. The van der Waals surface area contributed by atoms with E-state index < -0.39 is 27.9 Å². The summed E-state index contributed by atoms with van der Waals surface area (Å²) in [6.07, 6.45) is 0.671. The van der Waals surface area contributed by atoms with Gasteiger partial charge in [-0.15, -0.1) is 0 Å². The fourth-order valence-electron chi connectivity index (χ4n) is 4.62. The number of benzene rings is 3. The van der Waals surface area contributed by atoms with Crippen molar-refractivity contribution in [2.75, 3.05) is 6.54 Å². The van der Waals surface area contributed by atoms with Crippen LogP contribution in [-0.2, 0) is 32.6 Å². The fraction of sp³-hybridized carbons (Fsp3) is 0.300. The first kappa shape index (κ1) is 29.3. The van der Waals surface area contributed by atoms with Crippen LogP contribution in [-0.4, -0.2) is 54.0 Å². The molecule has 4 rings (SSSR count). The van der Waals surface area contributed by atoms with Crippen molar-refractivity contribution >= 4 is 39.3 Å². The van der Waals surface area contributed by atoms with Gasteiger partial charge in [0.05, 0.1) is 5.56 Å². The highest BCUT2D eigenvalue weighted by atomic mass is 35.5. The molecule has 3 aromatic carbocycles. The van der Waals surface area contributed by atoms with E-state index in [0.717, 1.165) is 9.87 Å². The molecular formula is C30H32ClN3O5S. The Labute approximate surface area is 240 Å². The Kier molecular flexibility index (Phi) is 9.27. The zero-order valence-electron chi connectivity index (χ0n) is 22.4. The van der Waals surface area contributed by atoms with E-state index in [1.807, 2.05) is 50.2 Å². The van der Waals surface area contributed by atoms with Gasteiger partial charge in [0, 0.05) is 37.0 Å². The molecule has 8 nitrogen and oxygen atoms in total. The minimum Gasteiger partial charge on any atom is -0.352 e. The molecule has 0 aliphatic carbocycles. The number of hydrogen-bond acceptors (Lipinski definition) is 5. The lowest BCUT2D eigenvalue weighted by Gasteiger charge is -2.32. The van der Waals surface area contributed by atoms with Crippen LogP contribution in [0, 0.1) is 0 Å². The second-order valence-electron chi connectivity index (χ2n) is 9.80. The molecule has 40 heavy (non-hydrogen) atoms. The van der Waals surface area contributed by atoms with Gasteiger partial charge in [-0.3, -0.25) is 14.4 Å². The van der Waals surface area contributed by atoms with Gasteiger partial charge in [-0.2, -0.15) is 0 Å². The second-order valence-corrected chi connectivity index (χ2v) is 12.1. The standard InChI is InChI=1S/C30H32ClN3O5S/c1-3-21(2)32-29(36)26(19-22-10-5-4-6-11-22)33(20-23-12-9-13-24(31)18-23)28(35)16-17-34-30(37)25-14-7-8-15-27(25)40(34,38)39/h4-15,18,21,26H,3,16-17,19-20H2,1-2H3,(H,32,36)/t21-,26-/m0/s1. The van der Waals surface area contributed by atoms with Gasteiger partial charge < -0.3 is 10.2 Å². The molecule has 1 heterocycles. The van der Waals surface area contributed by atoms with Crippen LogP contribution in [0.25, 0.3) is 0 Å². The summed E-state index contributed by atoms with van der Waals surface area (Å²) < 4.78 is 26.8. The van der Waals surface area contributed by atoms with Crippen LogP contribution in [0.15, 0.2) is 83.8 Å². The van der Waals surface area contributed by atoms with Crippen LogP contribution in [0.4, 0.5) is 0 Å². The number of sulfonamides is 1. The third kappa shape index (κ3) is 6.54. The molecule has 0 fully saturated rings. The summed E-state index contributed by atoms with van der Waals surface area (Å²) in [6, 6.07) is 21.4. The fourth-order valence-corrected chi connectivity index (χ4v) is 6.40. The number of rotatable bonds is 11. The van der Waals surface area contributed by atoms with Crippen molar-refractivity contribution in [1.29, 1.82) is 0 Å². The summed E-state index contributed by atoms with van der Waals surface area (Å²) in [5.74, 6) is -1.44. The lowest BCUT2D eigenvalue weighted by atomic mass is 10.0. The zero-order chi connectivity index (χ0) is 28.9. The average molecular weight is 582 g/mol. The van der Waals surface area contributed by atoms with Crippen LogP contribution in [0.3, 0.4) is 0 Å². The Hall–Kier alpha value is -3.69. The third-order valence-corrected chi connectivity index (χ3v) is 9.03. The summed E-state index contributed by atoms with van der Waals surface area (Å²) in [6.45, 7) is 3.58. The van der Waals surface area contributed by atoms with Gasteiger partial charge in [0.25, 0.3) is 15.9 Å². The van der Waals surface area contributed by atoms with Crippen molar-refractivity contribution < 1.29 is 22.8 Å². The molecular weight excluding hydrogens is 550 g/mol. The summed E-state index contributed by atoms with van der Waals surface area (Å²) in [5.41, 5.74) is 1.66. The van der Waals surface area contributed by atoms with Gasteiger partial charge in [-0.1, -0.05) is 73.1 Å². The van der Waals surface area contributed by atoms with Gasteiger partial charge >= 0.3 is 0 Å². The second kappa shape index (κ2) is 12.7. The van der Waals surface area contributed by atoms with E-state index in [9.17, 15) is 22.8 Å². The third-order valence-electron chi connectivity index (χ3n) is 6.95. The summed E-state index contributed by atoms with van der Waals surface area (Å²) in [5, 5.41) is 3.48. The maximum absolute atomic E-state index is 13.9. The van der Waals surface area contributed by atoms with Gasteiger partial charge in [0.2, 0.25) is 11.8 Å². The molecule has 1 N–H and O–H groups in total. The molecule has 0 saturated carbocycles. The first-order valence-corrected chi connectivity index (χ1v) is 15.0. The van der Waals surface area contributed by atoms with Crippen LogP contribution >= 0.6 is 11.6 Å². The predicted octanol–water partition coefficient (Wildman–Crippen LogP) is 4.43. The Morgan fingerprint density at radius 2 is 1.65 bits per heavy atom. The van der Waals surface area contributed by atoms with Crippen LogP contribution < -0.4 is 5.32 Å². The SMILES string of the molecule is CC[C@H](C)NC(=O)[C@H](Cc1ccccc1)N(Cc1cccc(Cl)c1)C(=O)CCN1C(=O)c2ccccc2S1(=O)=O. The molecule has 0 spiro atoms.